The second-order valence-electron chi connectivity index (χ2n) is 2.59. The first-order chi connectivity index (χ1) is 6.15. The zero-order valence-corrected chi connectivity index (χ0v) is 8.17. The maximum atomic E-state index is 11.5. The van der Waals surface area contributed by atoms with Crippen LogP contribution in [0.3, 0.4) is 0 Å². The average molecular weight is 200 g/mol. The van der Waals surface area contributed by atoms with E-state index in [0.717, 1.165) is 0 Å². The Kier molecular flexibility index (Phi) is 3.21. The molecule has 0 saturated heterocycles. The van der Waals surface area contributed by atoms with E-state index < -0.39 is 0 Å². The van der Waals surface area contributed by atoms with Gasteiger partial charge in [-0.05, 0) is 0 Å². The molecule has 1 aromatic rings. The van der Waals surface area contributed by atoms with Crippen LogP contribution in [0.2, 0.25) is 0 Å². The number of hydrogen-bond acceptors (Lipinski definition) is 5. The molecule has 0 saturated carbocycles. The number of nitrogens with two attached hydrogens (primary N) is 2. The number of amides is 1. The Morgan fingerprint density at radius 3 is 2.92 bits per heavy atom. The summed E-state index contributed by atoms with van der Waals surface area (Å²) in [6.45, 7) is 0.970. The number of anilines is 1. The van der Waals surface area contributed by atoms with E-state index in [-0.39, 0.29) is 5.91 Å². The predicted molar refractivity (Wildman–Crippen MR) is 52.5 cm³/mol. The molecule has 0 aliphatic heterocycles. The average Bonchev–Trinajstić information content (AvgIpc) is 2.51. The fourth-order valence-corrected chi connectivity index (χ4v) is 1.41. The summed E-state index contributed by atoms with van der Waals surface area (Å²) in [6.07, 6.45) is 0. The van der Waals surface area contributed by atoms with Crippen molar-refractivity contribution in [1.82, 2.24) is 9.88 Å². The fourth-order valence-electron chi connectivity index (χ4n) is 0.877. The molecule has 0 radical (unpaired) electrons. The molecule has 0 fully saturated rings. The molecule has 6 heteroatoms. The number of nitrogen functional groups attached to an aromatic ring is 1. The third-order valence-electron chi connectivity index (χ3n) is 1.55. The van der Waals surface area contributed by atoms with Crippen LogP contribution in [0.1, 0.15) is 10.5 Å². The topological polar surface area (TPSA) is 85.2 Å². The van der Waals surface area contributed by atoms with Crippen molar-refractivity contribution in [3.63, 3.8) is 0 Å². The number of carbonyl (C=O) groups is 1. The highest BCUT2D eigenvalue weighted by Crippen LogP contribution is 2.12. The summed E-state index contributed by atoms with van der Waals surface area (Å²) in [5.41, 5.74) is 11.1. The van der Waals surface area contributed by atoms with Crippen LogP contribution in [0.25, 0.3) is 0 Å². The van der Waals surface area contributed by atoms with Crippen molar-refractivity contribution in [3.05, 3.63) is 11.1 Å². The van der Waals surface area contributed by atoms with Crippen molar-refractivity contribution in [3.8, 4) is 0 Å². The molecule has 0 aliphatic rings. The van der Waals surface area contributed by atoms with Crippen LogP contribution in [-0.4, -0.2) is 35.9 Å². The van der Waals surface area contributed by atoms with Gasteiger partial charge in [0.1, 0.15) is 5.69 Å². The second-order valence-corrected chi connectivity index (χ2v) is 3.48. The summed E-state index contributed by atoms with van der Waals surface area (Å²) in [6, 6.07) is 0. The Balaban J connectivity index is 2.67. The van der Waals surface area contributed by atoms with E-state index in [0.29, 0.717) is 23.9 Å². The van der Waals surface area contributed by atoms with E-state index in [1.54, 1.807) is 12.4 Å². The standard InChI is InChI=1S/C7H12N4OS/c1-11(3-2-8)6(12)5-4-13-7(9)10-5/h4H,2-3,8H2,1H3,(H2,9,10). The van der Waals surface area contributed by atoms with Gasteiger partial charge in [0.15, 0.2) is 5.13 Å². The Labute approximate surface area is 80.4 Å². The van der Waals surface area contributed by atoms with Crippen molar-refractivity contribution in [2.75, 3.05) is 25.9 Å². The smallest absolute Gasteiger partial charge is 0.273 e. The molecule has 0 unspecified atom stereocenters. The van der Waals surface area contributed by atoms with Crippen molar-refractivity contribution in [2.45, 2.75) is 0 Å². The van der Waals surface area contributed by atoms with Crippen LogP contribution in [0.5, 0.6) is 0 Å². The summed E-state index contributed by atoms with van der Waals surface area (Å²) in [4.78, 5) is 16.9. The molecule has 0 atom stereocenters. The molecule has 0 spiro atoms. The quantitative estimate of drug-likeness (QED) is 0.705. The van der Waals surface area contributed by atoms with Crippen LogP contribution >= 0.6 is 11.3 Å². The molecule has 1 heterocycles. The van der Waals surface area contributed by atoms with E-state index in [4.69, 9.17) is 11.5 Å². The number of thiazole rings is 1. The third kappa shape index (κ3) is 2.40. The number of likely N-dealkylation sites (N-methyl/N-ethyl adjacent to an activating group) is 1. The number of rotatable bonds is 3. The molecule has 4 N–H and O–H groups in total. The van der Waals surface area contributed by atoms with Crippen LogP contribution < -0.4 is 11.5 Å². The van der Waals surface area contributed by atoms with E-state index in [1.165, 1.54) is 16.2 Å². The summed E-state index contributed by atoms with van der Waals surface area (Å²) in [5, 5.41) is 2.05. The zero-order chi connectivity index (χ0) is 9.84. The third-order valence-corrected chi connectivity index (χ3v) is 2.23. The Morgan fingerprint density at radius 2 is 2.46 bits per heavy atom. The van der Waals surface area contributed by atoms with Gasteiger partial charge < -0.3 is 16.4 Å². The SMILES string of the molecule is CN(CCN)C(=O)c1csc(N)n1. The normalized spacial score (nSPS) is 10.0. The monoisotopic (exact) mass is 200 g/mol. The van der Waals surface area contributed by atoms with Gasteiger partial charge in [-0.2, -0.15) is 0 Å². The molecule has 5 nitrogen and oxygen atoms in total. The van der Waals surface area contributed by atoms with Gasteiger partial charge in [-0.25, -0.2) is 4.98 Å². The highest BCUT2D eigenvalue weighted by molar-refractivity contribution is 7.13. The second kappa shape index (κ2) is 4.20. The summed E-state index contributed by atoms with van der Waals surface area (Å²) >= 11 is 1.26. The number of carbonyl (C=O) groups excluding carboxylic acids is 1. The van der Waals surface area contributed by atoms with Crippen molar-refractivity contribution in [1.29, 1.82) is 0 Å². The molecular formula is C7H12N4OS. The first-order valence-electron chi connectivity index (χ1n) is 3.81. The van der Waals surface area contributed by atoms with Crippen LogP contribution in [-0.2, 0) is 0 Å². The van der Waals surface area contributed by atoms with Gasteiger partial charge in [0.2, 0.25) is 0 Å². The maximum absolute atomic E-state index is 11.5. The van der Waals surface area contributed by atoms with Gasteiger partial charge in [0.05, 0.1) is 0 Å². The van der Waals surface area contributed by atoms with Gasteiger partial charge in [-0.15, -0.1) is 11.3 Å². The molecule has 0 aliphatic carbocycles. The number of hydrogen-bond donors (Lipinski definition) is 2. The van der Waals surface area contributed by atoms with Crippen LogP contribution in [0.15, 0.2) is 5.38 Å². The lowest BCUT2D eigenvalue weighted by molar-refractivity contribution is 0.0794. The predicted octanol–water partition coefficient (Wildman–Crippen LogP) is -0.244. The first-order valence-corrected chi connectivity index (χ1v) is 4.69. The van der Waals surface area contributed by atoms with Gasteiger partial charge in [-0.1, -0.05) is 0 Å². The lowest BCUT2D eigenvalue weighted by atomic mass is 10.4. The van der Waals surface area contributed by atoms with Crippen molar-refractivity contribution < 1.29 is 4.79 Å². The lowest BCUT2D eigenvalue weighted by Crippen LogP contribution is -2.31. The zero-order valence-electron chi connectivity index (χ0n) is 7.36. The largest absolute Gasteiger partial charge is 0.375 e. The van der Waals surface area contributed by atoms with E-state index in [2.05, 4.69) is 4.98 Å². The maximum Gasteiger partial charge on any atom is 0.273 e. The van der Waals surface area contributed by atoms with Crippen LogP contribution in [0, 0.1) is 0 Å². The Morgan fingerprint density at radius 1 is 1.77 bits per heavy atom. The molecule has 0 aromatic carbocycles. The Bertz CT molecular complexity index is 298. The molecule has 13 heavy (non-hydrogen) atoms. The summed E-state index contributed by atoms with van der Waals surface area (Å²) in [5.74, 6) is -0.140. The summed E-state index contributed by atoms with van der Waals surface area (Å²) in [7, 11) is 1.69. The van der Waals surface area contributed by atoms with E-state index in [9.17, 15) is 4.79 Å². The van der Waals surface area contributed by atoms with Crippen molar-refractivity contribution >= 4 is 22.4 Å². The highest BCUT2D eigenvalue weighted by atomic mass is 32.1. The molecule has 72 valence electrons. The molecule has 1 rings (SSSR count). The molecule has 1 amide bonds. The molecular weight excluding hydrogens is 188 g/mol. The lowest BCUT2D eigenvalue weighted by Gasteiger charge is -2.13. The number of nitrogens with zero attached hydrogens (tertiary/aromatic N) is 2. The van der Waals surface area contributed by atoms with Gasteiger partial charge >= 0.3 is 0 Å². The van der Waals surface area contributed by atoms with Crippen molar-refractivity contribution in [2.24, 2.45) is 5.73 Å². The van der Waals surface area contributed by atoms with Gasteiger partial charge in [-0.3, -0.25) is 4.79 Å². The van der Waals surface area contributed by atoms with E-state index >= 15 is 0 Å². The van der Waals surface area contributed by atoms with Gasteiger partial charge in [0, 0.05) is 25.5 Å². The number of aromatic nitrogens is 1. The Hall–Kier alpha value is -1.14. The van der Waals surface area contributed by atoms with Crippen LogP contribution in [0.4, 0.5) is 5.13 Å². The minimum Gasteiger partial charge on any atom is -0.375 e. The van der Waals surface area contributed by atoms with Gasteiger partial charge in [0.25, 0.3) is 5.91 Å². The minimum atomic E-state index is -0.140. The fraction of sp³-hybridized carbons (Fsp3) is 0.429. The summed E-state index contributed by atoms with van der Waals surface area (Å²) < 4.78 is 0. The molecule has 1 aromatic heterocycles. The highest BCUT2D eigenvalue weighted by Gasteiger charge is 2.13. The minimum absolute atomic E-state index is 0.140. The first kappa shape index (κ1) is 9.94. The molecule has 0 bridgehead atoms. The van der Waals surface area contributed by atoms with E-state index in [1.807, 2.05) is 0 Å².